The molecule has 0 saturated heterocycles. The van der Waals surface area contributed by atoms with Crippen molar-refractivity contribution < 1.29 is 5.11 Å². The van der Waals surface area contributed by atoms with Gasteiger partial charge < -0.3 is 10.0 Å². The summed E-state index contributed by atoms with van der Waals surface area (Å²) in [4.78, 5) is 5.01. The maximum atomic E-state index is 8.92. The van der Waals surface area contributed by atoms with Crippen LogP contribution in [0.4, 0.5) is 0 Å². The van der Waals surface area contributed by atoms with Crippen molar-refractivity contribution in [3.8, 4) is 0 Å². The Morgan fingerprint density at radius 3 is 1.61 bits per heavy atom. The molecule has 0 aromatic rings. The molecule has 0 fully saturated rings. The first kappa shape index (κ1) is 17.9. The SMILES string of the molecule is CC(C)N(CCCO)CCCN(C(C)C)C(C)C. The van der Waals surface area contributed by atoms with Gasteiger partial charge in [0, 0.05) is 31.3 Å². The molecule has 0 atom stereocenters. The lowest BCUT2D eigenvalue weighted by Gasteiger charge is -2.32. The average molecular weight is 258 g/mol. The van der Waals surface area contributed by atoms with E-state index in [4.69, 9.17) is 5.11 Å². The van der Waals surface area contributed by atoms with Gasteiger partial charge in [0.1, 0.15) is 0 Å². The fourth-order valence-corrected chi connectivity index (χ4v) is 2.47. The van der Waals surface area contributed by atoms with E-state index in [1.807, 2.05) is 0 Å². The van der Waals surface area contributed by atoms with Gasteiger partial charge in [0.05, 0.1) is 0 Å². The maximum Gasteiger partial charge on any atom is 0.0443 e. The van der Waals surface area contributed by atoms with E-state index < -0.39 is 0 Å². The molecule has 0 heterocycles. The third-order valence-corrected chi connectivity index (χ3v) is 3.52. The standard InChI is InChI=1S/C15H34N2O/c1-13(2)16(10-8-12-18)9-7-11-17(14(3)4)15(5)6/h13-15,18H,7-12H2,1-6H3. The molecular weight excluding hydrogens is 224 g/mol. The van der Waals surface area contributed by atoms with E-state index in [1.54, 1.807) is 0 Å². The van der Waals surface area contributed by atoms with Crippen molar-refractivity contribution in [2.75, 3.05) is 26.2 Å². The molecule has 0 aromatic carbocycles. The minimum Gasteiger partial charge on any atom is -0.396 e. The number of rotatable bonds is 10. The predicted molar refractivity (Wildman–Crippen MR) is 80.0 cm³/mol. The van der Waals surface area contributed by atoms with E-state index in [2.05, 4.69) is 51.3 Å². The fraction of sp³-hybridized carbons (Fsp3) is 1.00. The number of aliphatic hydroxyl groups is 1. The largest absolute Gasteiger partial charge is 0.396 e. The lowest BCUT2D eigenvalue weighted by atomic mass is 10.2. The Kier molecular flexibility index (Phi) is 9.70. The second kappa shape index (κ2) is 9.76. The van der Waals surface area contributed by atoms with Crippen LogP contribution in [0.15, 0.2) is 0 Å². The van der Waals surface area contributed by atoms with Crippen LogP contribution >= 0.6 is 0 Å². The molecule has 0 radical (unpaired) electrons. The highest BCUT2D eigenvalue weighted by Gasteiger charge is 2.14. The van der Waals surface area contributed by atoms with Gasteiger partial charge in [0.15, 0.2) is 0 Å². The topological polar surface area (TPSA) is 26.7 Å². The summed E-state index contributed by atoms with van der Waals surface area (Å²) in [6.07, 6.45) is 2.09. The van der Waals surface area contributed by atoms with Crippen molar-refractivity contribution in [1.82, 2.24) is 9.80 Å². The molecule has 0 saturated carbocycles. The van der Waals surface area contributed by atoms with Crippen LogP contribution in [-0.4, -0.2) is 59.3 Å². The number of hydrogen-bond donors (Lipinski definition) is 1. The van der Waals surface area contributed by atoms with Crippen LogP contribution in [-0.2, 0) is 0 Å². The molecule has 3 heteroatoms. The first-order valence-electron chi connectivity index (χ1n) is 7.50. The number of nitrogens with zero attached hydrogens (tertiary/aromatic N) is 2. The third-order valence-electron chi connectivity index (χ3n) is 3.52. The minimum absolute atomic E-state index is 0.299. The third kappa shape index (κ3) is 7.34. The zero-order valence-corrected chi connectivity index (χ0v) is 13.3. The average Bonchev–Trinajstić information content (AvgIpc) is 2.26. The van der Waals surface area contributed by atoms with E-state index >= 15 is 0 Å². The Morgan fingerprint density at radius 2 is 1.22 bits per heavy atom. The lowest BCUT2D eigenvalue weighted by Crippen LogP contribution is -2.40. The fourth-order valence-electron chi connectivity index (χ4n) is 2.47. The molecule has 0 aliphatic heterocycles. The zero-order chi connectivity index (χ0) is 14.1. The molecule has 0 rings (SSSR count). The van der Waals surface area contributed by atoms with E-state index in [1.165, 1.54) is 6.42 Å². The lowest BCUT2D eigenvalue weighted by molar-refractivity contribution is 0.146. The van der Waals surface area contributed by atoms with Crippen LogP contribution in [0.5, 0.6) is 0 Å². The van der Waals surface area contributed by atoms with E-state index in [0.717, 1.165) is 26.1 Å². The maximum absolute atomic E-state index is 8.92. The molecule has 110 valence electrons. The van der Waals surface area contributed by atoms with Crippen LogP contribution in [0.25, 0.3) is 0 Å². The molecule has 0 aromatic heterocycles. The molecule has 0 unspecified atom stereocenters. The van der Waals surface area contributed by atoms with Gasteiger partial charge in [-0.3, -0.25) is 4.90 Å². The van der Waals surface area contributed by atoms with Crippen molar-refractivity contribution in [2.45, 2.75) is 72.5 Å². The first-order chi connectivity index (χ1) is 8.40. The van der Waals surface area contributed by atoms with Crippen molar-refractivity contribution in [1.29, 1.82) is 0 Å². The van der Waals surface area contributed by atoms with Gasteiger partial charge in [-0.05, 0) is 67.5 Å². The van der Waals surface area contributed by atoms with Crippen LogP contribution in [0.2, 0.25) is 0 Å². The highest BCUT2D eigenvalue weighted by molar-refractivity contribution is 4.69. The van der Waals surface area contributed by atoms with Crippen molar-refractivity contribution >= 4 is 0 Å². The van der Waals surface area contributed by atoms with Crippen molar-refractivity contribution in [2.24, 2.45) is 0 Å². The highest BCUT2D eigenvalue weighted by Crippen LogP contribution is 2.07. The Labute approximate surface area is 114 Å². The summed E-state index contributed by atoms with van der Waals surface area (Å²) in [6.45, 7) is 17.2. The van der Waals surface area contributed by atoms with Crippen molar-refractivity contribution in [3.63, 3.8) is 0 Å². The quantitative estimate of drug-likeness (QED) is 0.652. The van der Waals surface area contributed by atoms with Crippen LogP contribution in [0, 0.1) is 0 Å². The predicted octanol–water partition coefficient (Wildman–Crippen LogP) is 2.59. The van der Waals surface area contributed by atoms with Gasteiger partial charge in [-0.25, -0.2) is 0 Å². The molecule has 0 aliphatic carbocycles. The summed E-state index contributed by atoms with van der Waals surface area (Å²) < 4.78 is 0. The summed E-state index contributed by atoms with van der Waals surface area (Å²) in [7, 11) is 0. The normalized spacial score (nSPS) is 12.7. The molecule has 1 N–H and O–H groups in total. The molecule has 0 amide bonds. The Balaban J connectivity index is 4.03. The molecule has 0 spiro atoms. The van der Waals surface area contributed by atoms with Gasteiger partial charge in [-0.1, -0.05) is 0 Å². The van der Waals surface area contributed by atoms with Gasteiger partial charge in [-0.2, -0.15) is 0 Å². The summed E-state index contributed by atoms with van der Waals surface area (Å²) in [5.41, 5.74) is 0. The first-order valence-corrected chi connectivity index (χ1v) is 7.50. The molecule has 0 bridgehead atoms. The molecule has 3 nitrogen and oxygen atoms in total. The van der Waals surface area contributed by atoms with E-state index in [9.17, 15) is 0 Å². The summed E-state index contributed by atoms with van der Waals surface area (Å²) >= 11 is 0. The zero-order valence-electron chi connectivity index (χ0n) is 13.3. The van der Waals surface area contributed by atoms with E-state index in [-0.39, 0.29) is 0 Å². The summed E-state index contributed by atoms with van der Waals surface area (Å²) in [6, 6.07) is 1.81. The van der Waals surface area contributed by atoms with Crippen LogP contribution in [0.1, 0.15) is 54.4 Å². The van der Waals surface area contributed by atoms with Gasteiger partial charge in [0.2, 0.25) is 0 Å². The number of hydrogen-bond acceptors (Lipinski definition) is 3. The Hall–Kier alpha value is -0.120. The molecule has 18 heavy (non-hydrogen) atoms. The monoisotopic (exact) mass is 258 g/mol. The van der Waals surface area contributed by atoms with Gasteiger partial charge in [0.25, 0.3) is 0 Å². The van der Waals surface area contributed by atoms with Crippen LogP contribution in [0.3, 0.4) is 0 Å². The smallest absolute Gasteiger partial charge is 0.0443 e. The Bertz CT molecular complexity index is 185. The van der Waals surface area contributed by atoms with Crippen molar-refractivity contribution in [3.05, 3.63) is 0 Å². The van der Waals surface area contributed by atoms with E-state index in [0.29, 0.717) is 24.7 Å². The Morgan fingerprint density at radius 1 is 0.722 bits per heavy atom. The second-order valence-corrected chi connectivity index (χ2v) is 5.99. The highest BCUT2D eigenvalue weighted by atomic mass is 16.3. The minimum atomic E-state index is 0.299. The summed E-state index contributed by atoms with van der Waals surface area (Å²) in [5.74, 6) is 0. The second-order valence-electron chi connectivity index (χ2n) is 5.99. The molecule has 0 aliphatic rings. The van der Waals surface area contributed by atoms with Gasteiger partial charge >= 0.3 is 0 Å². The molecular formula is C15H34N2O. The van der Waals surface area contributed by atoms with Crippen LogP contribution < -0.4 is 0 Å². The van der Waals surface area contributed by atoms with Gasteiger partial charge in [-0.15, -0.1) is 0 Å². The summed E-state index contributed by atoms with van der Waals surface area (Å²) in [5, 5.41) is 8.92. The number of aliphatic hydroxyl groups excluding tert-OH is 1.